The van der Waals surface area contributed by atoms with Gasteiger partial charge >= 0.3 is 0 Å². The van der Waals surface area contributed by atoms with Gasteiger partial charge in [-0.15, -0.1) is 0 Å². The lowest BCUT2D eigenvalue weighted by Crippen LogP contribution is -2.61. The molecular weight excluding hydrogens is 342 g/mol. The Morgan fingerprint density at radius 2 is 1.93 bits per heavy atom. The normalized spacial score (nSPS) is 15.0. The van der Waals surface area contributed by atoms with Gasteiger partial charge in [-0.05, 0) is 49.7 Å². The highest BCUT2D eigenvalue weighted by molar-refractivity contribution is 5.71. The molecule has 2 aromatic rings. The van der Waals surface area contributed by atoms with Gasteiger partial charge in [-0.2, -0.15) is 0 Å². The molecule has 0 radical (unpaired) electrons. The second kappa shape index (κ2) is 7.88. The first kappa shape index (κ1) is 19.0. The highest BCUT2D eigenvalue weighted by atomic mass is 16.5. The van der Waals surface area contributed by atoms with Crippen molar-refractivity contribution in [2.24, 2.45) is 0 Å². The molecule has 0 unspecified atom stereocenters. The third-order valence-corrected chi connectivity index (χ3v) is 4.96. The fraction of sp³-hybridized carbons (Fsp3) is 0.381. The van der Waals surface area contributed by atoms with E-state index in [1.807, 2.05) is 25.2 Å². The van der Waals surface area contributed by atoms with E-state index in [0.29, 0.717) is 5.75 Å². The lowest BCUT2D eigenvalue weighted by molar-refractivity contribution is -0.109. The summed E-state index contributed by atoms with van der Waals surface area (Å²) < 4.78 is 11.0. The van der Waals surface area contributed by atoms with Crippen molar-refractivity contribution < 1.29 is 14.3 Å². The van der Waals surface area contributed by atoms with Crippen LogP contribution in [-0.2, 0) is 9.53 Å². The highest BCUT2D eigenvalue weighted by Crippen LogP contribution is 2.34. The second-order valence-electron chi connectivity index (χ2n) is 7.07. The van der Waals surface area contributed by atoms with Crippen LogP contribution in [-0.4, -0.2) is 45.7 Å². The predicted molar refractivity (Wildman–Crippen MR) is 110 cm³/mol. The molecule has 0 amide bonds. The predicted octanol–water partition coefficient (Wildman–Crippen LogP) is 3.58. The summed E-state index contributed by atoms with van der Waals surface area (Å²) in [5.74, 6) is 0.642. The first-order valence-electron chi connectivity index (χ1n) is 9.04. The molecule has 1 saturated heterocycles. The number of hydrogen-bond donors (Lipinski definition) is 2. The number of methoxy groups -OCH3 is 1. The minimum absolute atomic E-state index is 0.0298. The third kappa shape index (κ3) is 4.17. The summed E-state index contributed by atoms with van der Waals surface area (Å²) in [4.78, 5) is 12.9. The zero-order valence-corrected chi connectivity index (χ0v) is 16.3. The minimum Gasteiger partial charge on any atom is -0.484 e. The Bertz CT molecular complexity index is 816. The summed E-state index contributed by atoms with van der Waals surface area (Å²) in [6.07, 6.45) is 0.743. The fourth-order valence-electron chi connectivity index (χ4n) is 3.26. The topological polar surface area (TPSA) is 62.8 Å². The summed E-state index contributed by atoms with van der Waals surface area (Å²) in [6, 6.07) is 12.2. The number of rotatable bonds is 8. The van der Waals surface area contributed by atoms with E-state index in [1.54, 1.807) is 7.11 Å². The number of aryl methyl sites for hydroxylation is 1. The molecule has 3 rings (SSSR count). The molecule has 0 saturated carbocycles. The molecule has 0 aliphatic carbocycles. The number of anilines is 4. The molecule has 1 fully saturated rings. The van der Waals surface area contributed by atoms with Crippen LogP contribution in [0.15, 0.2) is 36.4 Å². The number of nitrogens with one attached hydrogen (secondary N) is 2. The molecule has 0 spiro atoms. The largest absolute Gasteiger partial charge is 0.484 e. The Hall–Kier alpha value is -2.73. The average Bonchev–Trinajstić information content (AvgIpc) is 2.65. The summed E-state index contributed by atoms with van der Waals surface area (Å²) in [5, 5.41) is 6.50. The van der Waals surface area contributed by atoms with Gasteiger partial charge in [0.25, 0.3) is 0 Å². The molecule has 2 N–H and O–H groups in total. The smallest absolute Gasteiger partial charge is 0.157 e. The van der Waals surface area contributed by atoms with Gasteiger partial charge in [-0.3, -0.25) is 4.79 Å². The van der Waals surface area contributed by atoms with Gasteiger partial charge in [0.15, 0.2) is 6.29 Å². The third-order valence-electron chi connectivity index (χ3n) is 4.96. The van der Waals surface area contributed by atoms with E-state index in [-0.39, 0.29) is 12.2 Å². The van der Waals surface area contributed by atoms with Gasteiger partial charge in [0.05, 0.1) is 11.3 Å². The number of ether oxygens (including phenoxy) is 2. The fourth-order valence-corrected chi connectivity index (χ4v) is 3.26. The Kier molecular flexibility index (Phi) is 5.56. The van der Waals surface area contributed by atoms with Gasteiger partial charge < -0.3 is 25.0 Å². The van der Waals surface area contributed by atoms with E-state index < -0.39 is 0 Å². The Morgan fingerprint density at radius 1 is 1.19 bits per heavy atom. The molecule has 0 aromatic heterocycles. The molecule has 6 heteroatoms. The second-order valence-corrected chi connectivity index (χ2v) is 7.07. The molecule has 0 bridgehead atoms. The number of hydrogen-bond acceptors (Lipinski definition) is 6. The number of aldehydes is 1. The van der Waals surface area contributed by atoms with Crippen molar-refractivity contribution in [1.82, 2.24) is 0 Å². The number of benzene rings is 2. The van der Waals surface area contributed by atoms with Crippen LogP contribution in [0.1, 0.15) is 12.5 Å². The van der Waals surface area contributed by atoms with Crippen LogP contribution < -0.4 is 20.3 Å². The Morgan fingerprint density at radius 3 is 2.56 bits per heavy atom. The van der Waals surface area contributed by atoms with Gasteiger partial charge in [-0.25, -0.2) is 0 Å². The van der Waals surface area contributed by atoms with Crippen LogP contribution in [0.25, 0.3) is 0 Å². The highest BCUT2D eigenvalue weighted by Gasteiger charge is 2.38. The molecule has 1 aliphatic heterocycles. The maximum Gasteiger partial charge on any atom is 0.157 e. The number of carbonyl (C=O) groups excluding carboxylic acids is 1. The molecule has 6 nitrogen and oxygen atoms in total. The average molecular weight is 369 g/mol. The van der Waals surface area contributed by atoms with Crippen molar-refractivity contribution in [3.8, 4) is 5.75 Å². The van der Waals surface area contributed by atoms with E-state index in [4.69, 9.17) is 9.47 Å². The molecule has 1 heterocycles. The maximum absolute atomic E-state index is 10.6. The quantitative estimate of drug-likeness (QED) is 0.694. The molecule has 144 valence electrons. The monoisotopic (exact) mass is 369 g/mol. The van der Waals surface area contributed by atoms with E-state index in [0.717, 1.165) is 42.0 Å². The van der Waals surface area contributed by atoms with Crippen LogP contribution in [0.3, 0.4) is 0 Å². The molecule has 2 aromatic carbocycles. The van der Waals surface area contributed by atoms with Crippen LogP contribution >= 0.6 is 0 Å². The molecule has 0 atom stereocenters. The van der Waals surface area contributed by atoms with E-state index in [9.17, 15) is 4.79 Å². The van der Waals surface area contributed by atoms with E-state index in [1.165, 1.54) is 5.69 Å². The maximum atomic E-state index is 10.6. The van der Waals surface area contributed by atoms with Crippen LogP contribution in [0.4, 0.5) is 22.7 Å². The summed E-state index contributed by atoms with van der Waals surface area (Å²) >= 11 is 0. The van der Waals surface area contributed by atoms with Crippen molar-refractivity contribution in [3.05, 3.63) is 42.0 Å². The molecule has 1 aliphatic rings. The van der Waals surface area contributed by atoms with E-state index >= 15 is 0 Å². The Labute approximate surface area is 160 Å². The Balaban J connectivity index is 1.73. The summed E-state index contributed by atoms with van der Waals surface area (Å²) in [5.41, 5.74) is 5.10. The van der Waals surface area contributed by atoms with Crippen molar-refractivity contribution >= 4 is 29.0 Å². The SMILES string of the molecule is CNc1ccc(Nc2ccc(N3CC(C)(OC)C3)cc2C)cc1OCC=O. The lowest BCUT2D eigenvalue weighted by atomic mass is 9.95. The zero-order chi connectivity index (χ0) is 19.4. The lowest BCUT2D eigenvalue weighted by Gasteiger charge is -2.48. The van der Waals surface area contributed by atoms with Crippen LogP contribution in [0.2, 0.25) is 0 Å². The summed E-state index contributed by atoms with van der Waals surface area (Å²) in [7, 11) is 3.59. The number of nitrogens with zero attached hydrogens (tertiary/aromatic N) is 1. The van der Waals surface area contributed by atoms with Crippen LogP contribution in [0, 0.1) is 6.92 Å². The van der Waals surface area contributed by atoms with Gasteiger partial charge in [-0.1, -0.05) is 0 Å². The first-order valence-corrected chi connectivity index (χ1v) is 9.04. The molecule has 27 heavy (non-hydrogen) atoms. The van der Waals surface area contributed by atoms with Crippen molar-refractivity contribution in [2.45, 2.75) is 19.4 Å². The van der Waals surface area contributed by atoms with E-state index in [2.05, 4.69) is 47.6 Å². The van der Waals surface area contributed by atoms with Gasteiger partial charge in [0.1, 0.15) is 12.4 Å². The summed E-state index contributed by atoms with van der Waals surface area (Å²) in [6.45, 7) is 6.05. The molecular formula is C21H27N3O3. The minimum atomic E-state index is -0.0438. The van der Waals surface area contributed by atoms with Crippen LogP contribution in [0.5, 0.6) is 5.75 Å². The van der Waals surface area contributed by atoms with Crippen molar-refractivity contribution in [1.29, 1.82) is 0 Å². The standard InChI is InChI=1S/C21H27N3O3/c1-15-11-17(24-13-21(2,14-24)26-4)6-8-18(15)23-16-5-7-19(22-3)20(12-16)27-10-9-25/h5-9,11-12,22-23H,10,13-14H2,1-4H3. The van der Waals surface area contributed by atoms with Gasteiger partial charge in [0, 0.05) is 50.4 Å². The zero-order valence-electron chi connectivity index (χ0n) is 16.3. The van der Waals surface area contributed by atoms with Crippen molar-refractivity contribution in [2.75, 3.05) is 49.4 Å². The van der Waals surface area contributed by atoms with Crippen molar-refractivity contribution in [3.63, 3.8) is 0 Å². The first-order chi connectivity index (χ1) is 13.0. The number of carbonyl (C=O) groups is 1. The van der Waals surface area contributed by atoms with Gasteiger partial charge in [0.2, 0.25) is 0 Å².